The molecule has 0 aromatic heterocycles. The monoisotopic (exact) mass is 402 g/mol. The largest absolute Gasteiger partial charge is 0.497 e. The molecule has 1 aliphatic heterocycles. The zero-order valence-corrected chi connectivity index (χ0v) is 17.1. The number of aryl methyl sites for hydroxylation is 1. The summed E-state index contributed by atoms with van der Waals surface area (Å²) in [5.41, 5.74) is 2.16. The van der Waals surface area contributed by atoms with Crippen molar-refractivity contribution in [2.45, 2.75) is 37.5 Å². The number of piperidine rings is 1. The van der Waals surface area contributed by atoms with E-state index in [4.69, 9.17) is 4.74 Å². The lowest BCUT2D eigenvalue weighted by molar-refractivity contribution is -0.115. The van der Waals surface area contributed by atoms with Crippen LogP contribution in [0.5, 0.6) is 5.75 Å². The summed E-state index contributed by atoms with van der Waals surface area (Å²) in [7, 11) is -1.96. The molecule has 2 aromatic carbocycles. The van der Waals surface area contributed by atoms with Crippen molar-refractivity contribution in [3.05, 3.63) is 53.6 Å². The molecule has 28 heavy (non-hydrogen) atoms. The van der Waals surface area contributed by atoms with Gasteiger partial charge in [0.1, 0.15) is 5.75 Å². The standard InChI is InChI=1S/C21H26N2O4S/c1-16-9-10-19(28(25,26)23-11-4-3-5-12-23)15-20(16)22-21(24)14-17-7-6-8-18(13-17)27-2/h6-10,13,15H,3-5,11-12,14H2,1-2H3,(H,22,24). The molecule has 2 aromatic rings. The van der Waals surface area contributed by atoms with Gasteiger partial charge in [-0.1, -0.05) is 24.6 Å². The number of benzene rings is 2. The minimum absolute atomic E-state index is 0.180. The Bertz CT molecular complexity index is 951. The van der Waals surface area contributed by atoms with Crippen molar-refractivity contribution in [2.24, 2.45) is 0 Å². The van der Waals surface area contributed by atoms with E-state index in [2.05, 4.69) is 5.32 Å². The number of nitrogens with one attached hydrogen (secondary N) is 1. The summed E-state index contributed by atoms with van der Waals surface area (Å²) in [6.45, 7) is 2.94. The SMILES string of the molecule is COc1cccc(CC(=O)Nc2cc(S(=O)(=O)N3CCCCC3)ccc2C)c1. The van der Waals surface area contributed by atoms with E-state index in [1.54, 1.807) is 25.3 Å². The molecule has 0 atom stereocenters. The van der Waals surface area contributed by atoms with Crippen molar-refractivity contribution in [1.29, 1.82) is 0 Å². The highest BCUT2D eigenvalue weighted by Gasteiger charge is 2.26. The maximum atomic E-state index is 12.9. The zero-order chi connectivity index (χ0) is 20.1. The molecule has 0 saturated carbocycles. The molecule has 1 N–H and O–H groups in total. The van der Waals surface area contributed by atoms with Crippen LogP contribution in [0.4, 0.5) is 5.69 Å². The Hall–Kier alpha value is -2.38. The van der Waals surface area contributed by atoms with E-state index >= 15 is 0 Å². The molecule has 1 saturated heterocycles. The first-order chi connectivity index (χ1) is 13.4. The van der Waals surface area contributed by atoms with E-state index in [-0.39, 0.29) is 17.2 Å². The van der Waals surface area contributed by atoms with Crippen LogP contribution in [0.25, 0.3) is 0 Å². The van der Waals surface area contributed by atoms with Crippen molar-refractivity contribution in [1.82, 2.24) is 4.31 Å². The Morgan fingerprint density at radius 2 is 1.86 bits per heavy atom. The van der Waals surface area contributed by atoms with Gasteiger partial charge in [-0.3, -0.25) is 4.79 Å². The first kappa shape index (κ1) is 20.4. The first-order valence-electron chi connectivity index (χ1n) is 9.44. The van der Waals surface area contributed by atoms with E-state index in [1.807, 2.05) is 31.2 Å². The molecule has 7 heteroatoms. The van der Waals surface area contributed by atoms with Crippen molar-refractivity contribution in [2.75, 3.05) is 25.5 Å². The lowest BCUT2D eigenvalue weighted by Crippen LogP contribution is -2.35. The number of carbonyl (C=O) groups excluding carboxylic acids is 1. The second-order valence-corrected chi connectivity index (χ2v) is 8.96. The fourth-order valence-corrected chi connectivity index (χ4v) is 4.86. The van der Waals surface area contributed by atoms with Gasteiger partial charge in [0, 0.05) is 18.8 Å². The number of methoxy groups -OCH3 is 1. The van der Waals surface area contributed by atoms with E-state index in [0.717, 1.165) is 30.4 Å². The fraction of sp³-hybridized carbons (Fsp3) is 0.381. The zero-order valence-electron chi connectivity index (χ0n) is 16.3. The summed E-state index contributed by atoms with van der Waals surface area (Å²) >= 11 is 0. The van der Waals surface area contributed by atoms with Crippen LogP contribution in [0.15, 0.2) is 47.4 Å². The van der Waals surface area contributed by atoms with Gasteiger partial charge in [-0.2, -0.15) is 4.31 Å². The average molecular weight is 403 g/mol. The predicted molar refractivity (Wildman–Crippen MR) is 109 cm³/mol. The van der Waals surface area contributed by atoms with Gasteiger partial charge in [0.2, 0.25) is 15.9 Å². The number of hydrogen-bond acceptors (Lipinski definition) is 4. The van der Waals surface area contributed by atoms with Gasteiger partial charge >= 0.3 is 0 Å². The van der Waals surface area contributed by atoms with E-state index in [1.165, 1.54) is 4.31 Å². The van der Waals surface area contributed by atoms with Gasteiger partial charge in [-0.15, -0.1) is 0 Å². The van der Waals surface area contributed by atoms with Crippen LogP contribution in [0, 0.1) is 6.92 Å². The highest BCUT2D eigenvalue weighted by molar-refractivity contribution is 7.89. The van der Waals surface area contributed by atoms with Gasteiger partial charge in [-0.25, -0.2) is 8.42 Å². The Morgan fingerprint density at radius 1 is 1.11 bits per heavy atom. The third kappa shape index (κ3) is 4.72. The number of anilines is 1. The summed E-state index contributed by atoms with van der Waals surface area (Å²) in [4.78, 5) is 12.7. The molecule has 1 aliphatic rings. The molecule has 0 aliphatic carbocycles. The quantitative estimate of drug-likeness (QED) is 0.804. The summed E-state index contributed by atoms with van der Waals surface area (Å²) < 4.78 is 32.5. The van der Waals surface area contributed by atoms with Gasteiger partial charge in [0.15, 0.2) is 0 Å². The lowest BCUT2D eigenvalue weighted by Gasteiger charge is -2.26. The number of ether oxygens (including phenoxy) is 1. The smallest absolute Gasteiger partial charge is 0.243 e. The van der Waals surface area contributed by atoms with Crippen molar-refractivity contribution in [3.8, 4) is 5.75 Å². The van der Waals surface area contributed by atoms with Crippen LogP contribution in [0.3, 0.4) is 0 Å². The number of carbonyl (C=O) groups is 1. The van der Waals surface area contributed by atoms with Gasteiger partial charge in [-0.05, 0) is 55.2 Å². The van der Waals surface area contributed by atoms with Crippen molar-refractivity contribution >= 4 is 21.6 Å². The van der Waals surface area contributed by atoms with Gasteiger partial charge in [0.05, 0.1) is 18.4 Å². The van der Waals surface area contributed by atoms with Gasteiger partial charge in [0.25, 0.3) is 0 Å². The third-order valence-electron chi connectivity index (χ3n) is 4.93. The van der Waals surface area contributed by atoms with Crippen molar-refractivity contribution in [3.63, 3.8) is 0 Å². The molecule has 1 fully saturated rings. The highest BCUT2D eigenvalue weighted by Crippen LogP contribution is 2.25. The van der Waals surface area contributed by atoms with Crippen LogP contribution in [0.2, 0.25) is 0 Å². The van der Waals surface area contributed by atoms with E-state index in [0.29, 0.717) is 24.5 Å². The third-order valence-corrected chi connectivity index (χ3v) is 6.83. The number of hydrogen-bond donors (Lipinski definition) is 1. The summed E-state index contributed by atoms with van der Waals surface area (Å²) in [5, 5.41) is 2.85. The summed E-state index contributed by atoms with van der Waals surface area (Å²) in [5.74, 6) is 0.486. The molecule has 1 amide bonds. The van der Waals surface area contributed by atoms with Crippen LogP contribution < -0.4 is 10.1 Å². The molecule has 0 bridgehead atoms. The maximum absolute atomic E-state index is 12.9. The average Bonchev–Trinajstić information content (AvgIpc) is 2.70. The lowest BCUT2D eigenvalue weighted by atomic mass is 10.1. The molecule has 6 nitrogen and oxygen atoms in total. The fourth-order valence-electron chi connectivity index (χ4n) is 3.31. The Kier molecular flexibility index (Phi) is 6.36. The number of nitrogens with zero attached hydrogens (tertiary/aromatic N) is 1. The van der Waals surface area contributed by atoms with Crippen LogP contribution in [-0.2, 0) is 21.2 Å². The minimum Gasteiger partial charge on any atom is -0.497 e. The molecule has 0 radical (unpaired) electrons. The van der Waals surface area contributed by atoms with E-state index < -0.39 is 10.0 Å². The van der Waals surface area contributed by atoms with Crippen LogP contribution >= 0.6 is 0 Å². The number of amides is 1. The molecular formula is C21H26N2O4S. The molecule has 0 unspecified atom stereocenters. The first-order valence-corrected chi connectivity index (χ1v) is 10.9. The van der Waals surface area contributed by atoms with Crippen LogP contribution in [-0.4, -0.2) is 38.8 Å². The molecule has 3 rings (SSSR count). The van der Waals surface area contributed by atoms with Crippen LogP contribution in [0.1, 0.15) is 30.4 Å². The number of rotatable bonds is 6. The number of sulfonamides is 1. The maximum Gasteiger partial charge on any atom is 0.243 e. The minimum atomic E-state index is -3.54. The highest BCUT2D eigenvalue weighted by atomic mass is 32.2. The molecular weight excluding hydrogens is 376 g/mol. The molecule has 150 valence electrons. The normalized spacial score (nSPS) is 15.2. The predicted octanol–water partition coefficient (Wildman–Crippen LogP) is 3.36. The second-order valence-electron chi connectivity index (χ2n) is 7.02. The van der Waals surface area contributed by atoms with Gasteiger partial charge < -0.3 is 10.1 Å². The Labute approximate surface area is 166 Å². The summed E-state index contributed by atoms with van der Waals surface area (Å²) in [6, 6.07) is 12.2. The van der Waals surface area contributed by atoms with E-state index in [9.17, 15) is 13.2 Å². The Morgan fingerprint density at radius 3 is 2.57 bits per heavy atom. The molecule has 0 spiro atoms. The Balaban J connectivity index is 1.76. The topological polar surface area (TPSA) is 75.7 Å². The van der Waals surface area contributed by atoms with Crippen molar-refractivity contribution < 1.29 is 17.9 Å². The second kappa shape index (κ2) is 8.75. The molecule has 1 heterocycles. The summed E-state index contributed by atoms with van der Waals surface area (Å²) in [6.07, 6.45) is 3.01.